The van der Waals surface area contributed by atoms with Gasteiger partial charge in [-0.3, -0.25) is 10.1 Å². The highest BCUT2D eigenvalue weighted by atomic mass is 32.2. The number of hydrogen-bond donors (Lipinski definition) is 0. The average Bonchev–Trinajstić information content (AvgIpc) is 2.59. The Balaban J connectivity index is 2.51. The minimum atomic E-state index is -3.79. The van der Waals surface area contributed by atoms with Gasteiger partial charge >= 0.3 is 5.69 Å². The van der Waals surface area contributed by atoms with Crippen molar-refractivity contribution in [3.63, 3.8) is 0 Å². The van der Waals surface area contributed by atoms with E-state index in [0.717, 1.165) is 17.2 Å². The summed E-state index contributed by atoms with van der Waals surface area (Å²) in [5, 5.41) is 11.5. The van der Waals surface area contributed by atoms with Gasteiger partial charge in [0.15, 0.2) is 0 Å². The van der Waals surface area contributed by atoms with Gasteiger partial charge in [-0.05, 0) is 43.2 Å². The van der Waals surface area contributed by atoms with Crippen molar-refractivity contribution >= 4 is 15.7 Å². The molecule has 0 saturated carbocycles. The number of sulfonamides is 1. The molecule has 0 aliphatic carbocycles. The fourth-order valence-electron chi connectivity index (χ4n) is 2.55. The minimum absolute atomic E-state index is 0.00203. The van der Waals surface area contributed by atoms with Crippen LogP contribution in [0.25, 0.3) is 0 Å². The van der Waals surface area contributed by atoms with E-state index in [1.807, 2.05) is 19.9 Å². The second-order valence-electron chi connectivity index (χ2n) is 5.78. The molecular formula is C18H22N2O5S. The molecule has 2 rings (SSSR count). The molecule has 0 atom stereocenters. The van der Waals surface area contributed by atoms with Crippen LogP contribution >= 0.6 is 0 Å². The van der Waals surface area contributed by atoms with Gasteiger partial charge in [-0.1, -0.05) is 26.0 Å². The maximum Gasteiger partial charge on any atom is 0.312 e. The van der Waals surface area contributed by atoms with Gasteiger partial charge in [-0.2, -0.15) is 4.31 Å². The molecular weight excluding hydrogens is 356 g/mol. The summed E-state index contributed by atoms with van der Waals surface area (Å²) in [5.41, 5.74) is 1.46. The lowest BCUT2D eigenvalue weighted by molar-refractivity contribution is -0.385. The first-order valence-corrected chi connectivity index (χ1v) is 9.69. The van der Waals surface area contributed by atoms with Crippen LogP contribution in [0.4, 0.5) is 5.69 Å². The van der Waals surface area contributed by atoms with Crippen molar-refractivity contribution in [2.24, 2.45) is 0 Å². The molecule has 8 heteroatoms. The smallest absolute Gasteiger partial charge is 0.312 e. The molecule has 0 aromatic heterocycles. The molecule has 0 N–H and O–H groups in total. The van der Waals surface area contributed by atoms with Crippen molar-refractivity contribution in [3.05, 3.63) is 57.6 Å². The van der Waals surface area contributed by atoms with Gasteiger partial charge in [0, 0.05) is 19.2 Å². The summed E-state index contributed by atoms with van der Waals surface area (Å²) < 4.78 is 32.2. The van der Waals surface area contributed by atoms with Crippen LogP contribution in [0.5, 0.6) is 11.5 Å². The SMILES string of the molecule is CCN(CC)S(=O)(=O)c1ccc(Oc2cccc(C)c2C)c([N+](=O)[O-])c1. The van der Waals surface area contributed by atoms with Gasteiger partial charge in [-0.15, -0.1) is 0 Å². The molecule has 0 aliphatic heterocycles. The van der Waals surface area contributed by atoms with Crippen molar-refractivity contribution in [3.8, 4) is 11.5 Å². The fraction of sp³-hybridized carbons (Fsp3) is 0.333. The van der Waals surface area contributed by atoms with Crippen molar-refractivity contribution in [1.29, 1.82) is 0 Å². The van der Waals surface area contributed by atoms with Crippen molar-refractivity contribution in [2.75, 3.05) is 13.1 Å². The number of aryl methyl sites for hydroxylation is 1. The van der Waals surface area contributed by atoms with Gasteiger partial charge in [0.2, 0.25) is 15.8 Å². The number of hydrogen-bond acceptors (Lipinski definition) is 5. The largest absolute Gasteiger partial charge is 0.450 e. The number of nitrogens with zero attached hydrogens (tertiary/aromatic N) is 2. The Bertz CT molecular complexity index is 921. The number of rotatable bonds is 7. The molecule has 140 valence electrons. The Hall–Kier alpha value is -2.45. The molecule has 0 saturated heterocycles. The molecule has 0 fully saturated rings. The van der Waals surface area contributed by atoms with E-state index in [0.29, 0.717) is 5.75 Å². The molecule has 0 unspecified atom stereocenters. The molecule has 7 nitrogen and oxygen atoms in total. The molecule has 0 heterocycles. The predicted octanol–water partition coefficient (Wildman–Crippen LogP) is 4.03. The first-order chi connectivity index (χ1) is 12.2. The van der Waals surface area contributed by atoms with E-state index in [9.17, 15) is 18.5 Å². The highest BCUT2D eigenvalue weighted by Crippen LogP contribution is 2.35. The standard InChI is InChI=1S/C18H22N2O5S/c1-5-19(6-2)26(23,24)15-10-11-18(16(12-15)20(21)22)25-17-9-7-8-13(3)14(17)4/h7-12H,5-6H2,1-4H3. The third-order valence-corrected chi connectivity index (χ3v) is 6.29. The summed E-state index contributed by atoms with van der Waals surface area (Å²) in [6, 6.07) is 9.14. The van der Waals surface area contributed by atoms with E-state index in [1.54, 1.807) is 26.0 Å². The lowest BCUT2D eigenvalue weighted by atomic mass is 10.1. The van der Waals surface area contributed by atoms with Crippen LogP contribution in [0.3, 0.4) is 0 Å². The molecule has 0 radical (unpaired) electrons. The molecule has 2 aromatic carbocycles. The summed E-state index contributed by atoms with van der Waals surface area (Å²) in [7, 11) is -3.79. The lowest BCUT2D eigenvalue weighted by Gasteiger charge is -2.18. The number of ether oxygens (including phenoxy) is 1. The summed E-state index contributed by atoms with van der Waals surface area (Å²) in [6.45, 7) is 7.77. The monoisotopic (exact) mass is 378 g/mol. The van der Waals surface area contributed by atoms with E-state index in [4.69, 9.17) is 4.74 Å². The van der Waals surface area contributed by atoms with Crippen LogP contribution in [-0.2, 0) is 10.0 Å². The van der Waals surface area contributed by atoms with Gasteiger partial charge in [0.1, 0.15) is 5.75 Å². The zero-order chi connectivity index (χ0) is 19.5. The molecule has 0 aliphatic rings. The Morgan fingerprint density at radius 3 is 2.31 bits per heavy atom. The van der Waals surface area contributed by atoms with Gasteiger partial charge < -0.3 is 4.74 Å². The first-order valence-electron chi connectivity index (χ1n) is 8.25. The Morgan fingerprint density at radius 2 is 1.73 bits per heavy atom. The predicted molar refractivity (Wildman–Crippen MR) is 99.2 cm³/mol. The fourth-order valence-corrected chi connectivity index (χ4v) is 4.03. The summed E-state index contributed by atoms with van der Waals surface area (Å²) in [5.74, 6) is 0.495. The summed E-state index contributed by atoms with van der Waals surface area (Å²) in [4.78, 5) is 10.7. The quantitative estimate of drug-likeness (QED) is 0.536. The molecule has 26 heavy (non-hydrogen) atoms. The van der Waals surface area contributed by atoms with Gasteiger partial charge in [-0.25, -0.2) is 8.42 Å². The van der Waals surface area contributed by atoms with Gasteiger partial charge in [0.05, 0.1) is 9.82 Å². The highest BCUT2D eigenvalue weighted by Gasteiger charge is 2.26. The normalized spacial score (nSPS) is 11.6. The van der Waals surface area contributed by atoms with E-state index in [1.165, 1.54) is 16.4 Å². The molecule has 0 amide bonds. The highest BCUT2D eigenvalue weighted by molar-refractivity contribution is 7.89. The van der Waals surface area contributed by atoms with E-state index < -0.39 is 14.9 Å². The van der Waals surface area contributed by atoms with E-state index in [-0.39, 0.29) is 29.4 Å². The maximum absolute atomic E-state index is 12.6. The molecule has 0 spiro atoms. The lowest BCUT2D eigenvalue weighted by Crippen LogP contribution is -2.30. The zero-order valence-electron chi connectivity index (χ0n) is 15.2. The zero-order valence-corrected chi connectivity index (χ0v) is 16.0. The Morgan fingerprint density at radius 1 is 1.08 bits per heavy atom. The van der Waals surface area contributed by atoms with Crippen molar-refractivity contribution in [2.45, 2.75) is 32.6 Å². The maximum atomic E-state index is 12.6. The average molecular weight is 378 g/mol. The van der Waals surface area contributed by atoms with Crippen LogP contribution < -0.4 is 4.74 Å². The Labute approximate surface area is 153 Å². The minimum Gasteiger partial charge on any atom is -0.450 e. The number of benzene rings is 2. The van der Waals surface area contributed by atoms with Crippen LogP contribution in [0.2, 0.25) is 0 Å². The van der Waals surface area contributed by atoms with Crippen LogP contribution in [0, 0.1) is 24.0 Å². The molecule has 2 aromatic rings. The number of nitro groups is 1. The topological polar surface area (TPSA) is 89.8 Å². The summed E-state index contributed by atoms with van der Waals surface area (Å²) in [6.07, 6.45) is 0. The van der Waals surface area contributed by atoms with Crippen LogP contribution in [-0.4, -0.2) is 30.7 Å². The third-order valence-electron chi connectivity index (χ3n) is 4.25. The first kappa shape index (κ1) is 19.9. The van der Waals surface area contributed by atoms with Crippen LogP contribution in [0.15, 0.2) is 41.3 Å². The van der Waals surface area contributed by atoms with Crippen molar-refractivity contribution < 1.29 is 18.1 Å². The van der Waals surface area contributed by atoms with E-state index in [2.05, 4.69) is 0 Å². The van der Waals surface area contributed by atoms with Crippen LogP contribution in [0.1, 0.15) is 25.0 Å². The molecule has 0 bridgehead atoms. The second-order valence-corrected chi connectivity index (χ2v) is 7.71. The van der Waals surface area contributed by atoms with E-state index >= 15 is 0 Å². The summed E-state index contributed by atoms with van der Waals surface area (Å²) >= 11 is 0. The Kier molecular flexibility index (Phi) is 5.99. The van der Waals surface area contributed by atoms with Crippen molar-refractivity contribution in [1.82, 2.24) is 4.31 Å². The number of nitro benzene ring substituents is 1. The third kappa shape index (κ3) is 3.86. The second kappa shape index (κ2) is 7.84. The van der Waals surface area contributed by atoms with Gasteiger partial charge in [0.25, 0.3) is 0 Å².